The molecule has 0 aliphatic carbocycles. The van der Waals surface area contributed by atoms with Crippen molar-refractivity contribution in [3.63, 3.8) is 0 Å². The Balaban J connectivity index is 1.33. The first-order chi connectivity index (χ1) is 16.1. The summed E-state index contributed by atoms with van der Waals surface area (Å²) in [4.78, 5) is 11.3. The van der Waals surface area contributed by atoms with Gasteiger partial charge in [0.15, 0.2) is 0 Å². The molecule has 0 saturated carbocycles. The number of aryl methyl sites for hydroxylation is 1. The summed E-state index contributed by atoms with van der Waals surface area (Å²) >= 11 is 0. The average molecular weight is 443 g/mol. The van der Waals surface area contributed by atoms with Crippen LogP contribution in [0.5, 0.6) is 0 Å². The quantitative estimate of drug-likeness (QED) is 0.436. The van der Waals surface area contributed by atoms with Gasteiger partial charge in [-0.15, -0.1) is 0 Å². The first kappa shape index (κ1) is 23.1. The second-order valence-corrected chi connectivity index (χ2v) is 8.82. The molecule has 0 fully saturated rings. The highest BCUT2D eigenvalue weighted by atomic mass is 16.3. The van der Waals surface area contributed by atoms with E-state index in [1.54, 1.807) is 0 Å². The van der Waals surface area contributed by atoms with Gasteiger partial charge < -0.3 is 10.4 Å². The molecule has 1 aromatic heterocycles. The van der Waals surface area contributed by atoms with Gasteiger partial charge in [-0.25, -0.2) is 4.98 Å². The maximum Gasteiger partial charge on any atom is 0.126 e. The molecule has 2 heterocycles. The number of aliphatic imine (C=N–C) groups is 1. The normalized spacial score (nSPS) is 14.9. The third kappa shape index (κ3) is 6.28. The number of pyridine rings is 1. The van der Waals surface area contributed by atoms with Crippen LogP contribution in [0, 0.1) is 6.92 Å². The van der Waals surface area contributed by atoms with E-state index in [4.69, 9.17) is 0 Å². The number of β-amino-alcohol motifs (C(OH)–C–C–N with tert-alkyl or cyclic N) is 1. The van der Waals surface area contributed by atoms with Crippen LogP contribution in [0.1, 0.15) is 36.5 Å². The average Bonchev–Trinajstić information content (AvgIpc) is 2.84. The van der Waals surface area contributed by atoms with Gasteiger partial charge in [-0.05, 0) is 71.8 Å². The molecule has 5 nitrogen and oxygen atoms in total. The number of aliphatic hydroxyl groups is 1. The number of hydrogen-bond acceptors (Lipinski definition) is 5. The number of unbranched alkanes of at least 4 members (excludes halogenated alkanes) is 1. The van der Waals surface area contributed by atoms with Crippen molar-refractivity contribution in [3.8, 4) is 11.1 Å². The number of rotatable bonds is 9. The summed E-state index contributed by atoms with van der Waals surface area (Å²) in [6.07, 6.45) is 6.50. The van der Waals surface area contributed by atoms with E-state index in [9.17, 15) is 5.11 Å². The van der Waals surface area contributed by atoms with Crippen molar-refractivity contribution in [2.45, 2.75) is 45.8 Å². The SMILES string of the molecule is CCCC=Nc1ccc(-c2ccnc(NCC(O)CN3CCc4ccccc4C3)c2)cc1C. The van der Waals surface area contributed by atoms with Crippen LogP contribution in [-0.4, -0.2) is 46.9 Å². The van der Waals surface area contributed by atoms with Gasteiger partial charge >= 0.3 is 0 Å². The van der Waals surface area contributed by atoms with Gasteiger partial charge in [0.25, 0.3) is 0 Å². The van der Waals surface area contributed by atoms with E-state index in [1.807, 2.05) is 24.5 Å². The van der Waals surface area contributed by atoms with Crippen LogP contribution in [0.2, 0.25) is 0 Å². The number of benzene rings is 2. The van der Waals surface area contributed by atoms with E-state index in [0.717, 1.165) is 60.5 Å². The van der Waals surface area contributed by atoms with E-state index in [0.29, 0.717) is 13.1 Å². The second kappa shape index (κ2) is 11.2. The summed E-state index contributed by atoms with van der Waals surface area (Å²) in [5.41, 5.74) is 7.21. The van der Waals surface area contributed by atoms with Crippen molar-refractivity contribution in [1.82, 2.24) is 9.88 Å². The van der Waals surface area contributed by atoms with Crippen LogP contribution < -0.4 is 5.32 Å². The molecular weight excluding hydrogens is 408 g/mol. The summed E-state index contributed by atoms with van der Waals surface area (Å²) < 4.78 is 0. The van der Waals surface area contributed by atoms with Crippen molar-refractivity contribution in [1.29, 1.82) is 0 Å². The molecule has 2 aromatic carbocycles. The highest BCUT2D eigenvalue weighted by molar-refractivity contribution is 5.71. The number of fused-ring (bicyclic) bond motifs is 1. The topological polar surface area (TPSA) is 60.8 Å². The molecule has 0 spiro atoms. The van der Waals surface area contributed by atoms with Gasteiger partial charge in [0.05, 0.1) is 11.8 Å². The molecule has 1 aliphatic rings. The molecule has 1 aliphatic heterocycles. The maximum atomic E-state index is 10.6. The van der Waals surface area contributed by atoms with Crippen LogP contribution in [0.25, 0.3) is 11.1 Å². The Kier molecular flexibility index (Phi) is 7.87. The molecule has 5 heteroatoms. The van der Waals surface area contributed by atoms with Crippen molar-refractivity contribution >= 4 is 17.7 Å². The first-order valence-electron chi connectivity index (χ1n) is 11.9. The zero-order valence-corrected chi connectivity index (χ0v) is 19.7. The summed E-state index contributed by atoms with van der Waals surface area (Å²) in [6.45, 7) is 7.26. The third-order valence-corrected chi connectivity index (χ3v) is 6.14. The van der Waals surface area contributed by atoms with Crippen molar-refractivity contribution < 1.29 is 5.11 Å². The summed E-state index contributed by atoms with van der Waals surface area (Å²) in [6, 6.07) is 19.0. The van der Waals surface area contributed by atoms with E-state index < -0.39 is 6.10 Å². The molecule has 3 aromatic rings. The smallest absolute Gasteiger partial charge is 0.126 e. The molecule has 1 unspecified atom stereocenters. The zero-order valence-electron chi connectivity index (χ0n) is 19.7. The molecule has 1 atom stereocenters. The molecular formula is C28H34N4O. The minimum Gasteiger partial charge on any atom is -0.390 e. The minimum absolute atomic E-state index is 0.455. The van der Waals surface area contributed by atoms with Crippen LogP contribution in [0.3, 0.4) is 0 Å². The Hall–Kier alpha value is -3.02. The lowest BCUT2D eigenvalue weighted by molar-refractivity contribution is 0.114. The molecule has 2 N–H and O–H groups in total. The van der Waals surface area contributed by atoms with Crippen molar-refractivity contribution in [2.24, 2.45) is 4.99 Å². The van der Waals surface area contributed by atoms with E-state index >= 15 is 0 Å². The second-order valence-electron chi connectivity index (χ2n) is 8.82. The molecule has 0 radical (unpaired) electrons. The summed E-state index contributed by atoms with van der Waals surface area (Å²) in [5.74, 6) is 0.776. The van der Waals surface area contributed by atoms with Gasteiger partial charge in [0.1, 0.15) is 5.82 Å². The Morgan fingerprint density at radius 2 is 1.94 bits per heavy atom. The lowest BCUT2D eigenvalue weighted by atomic mass is 10.00. The van der Waals surface area contributed by atoms with Gasteiger partial charge in [0.2, 0.25) is 0 Å². The first-order valence-corrected chi connectivity index (χ1v) is 11.9. The van der Waals surface area contributed by atoms with Gasteiger partial charge in [-0.1, -0.05) is 43.7 Å². The van der Waals surface area contributed by atoms with Crippen molar-refractivity contribution in [2.75, 3.05) is 25.0 Å². The fraction of sp³-hybridized carbons (Fsp3) is 0.357. The predicted octanol–water partition coefficient (Wildman–Crippen LogP) is 5.39. The fourth-order valence-corrected chi connectivity index (χ4v) is 4.27. The van der Waals surface area contributed by atoms with Gasteiger partial charge in [-0.2, -0.15) is 0 Å². The summed E-state index contributed by atoms with van der Waals surface area (Å²) in [5, 5.41) is 13.9. The number of nitrogens with zero attached hydrogens (tertiary/aromatic N) is 3. The molecule has 4 rings (SSSR count). The van der Waals surface area contributed by atoms with E-state index in [2.05, 4.69) is 76.5 Å². The van der Waals surface area contributed by atoms with Crippen LogP contribution >= 0.6 is 0 Å². The van der Waals surface area contributed by atoms with E-state index in [1.165, 1.54) is 11.1 Å². The van der Waals surface area contributed by atoms with E-state index in [-0.39, 0.29) is 0 Å². The molecule has 0 bridgehead atoms. The number of aromatic nitrogens is 1. The Bertz CT molecular complexity index is 1090. The monoisotopic (exact) mass is 442 g/mol. The highest BCUT2D eigenvalue weighted by Gasteiger charge is 2.18. The molecule has 172 valence electrons. The Morgan fingerprint density at radius 3 is 2.76 bits per heavy atom. The van der Waals surface area contributed by atoms with Crippen LogP contribution in [0.4, 0.5) is 11.5 Å². The fourth-order valence-electron chi connectivity index (χ4n) is 4.27. The molecule has 0 saturated heterocycles. The van der Waals surface area contributed by atoms with Gasteiger partial charge in [-0.3, -0.25) is 9.89 Å². The highest BCUT2D eigenvalue weighted by Crippen LogP contribution is 2.27. The lowest BCUT2D eigenvalue weighted by Gasteiger charge is -2.30. The standard InChI is InChI=1S/C28H34N4O/c1-3-4-13-29-27-10-9-23(16-21(27)2)24-11-14-30-28(17-24)31-18-26(33)20-32-15-12-22-7-5-6-8-25(22)19-32/h5-11,13-14,16-17,26,33H,3-4,12,15,18-20H2,1-2H3,(H,30,31). The Labute approximate surface area is 197 Å². The van der Waals surface area contributed by atoms with Crippen LogP contribution in [-0.2, 0) is 13.0 Å². The maximum absolute atomic E-state index is 10.6. The number of hydrogen-bond donors (Lipinski definition) is 2. The molecule has 33 heavy (non-hydrogen) atoms. The lowest BCUT2D eigenvalue weighted by Crippen LogP contribution is -2.39. The Morgan fingerprint density at radius 1 is 1.12 bits per heavy atom. The number of aliphatic hydroxyl groups excluding tert-OH is 1. The number of nitrogens with one attached hydrogen (secondary N) is 1. The van der Waals surface area contributed by atoms with Crippen LogP contribution in [0.15, 0.2) is 65.8 Å². The van der Waals surface area contributed by atoms with Gasteiger partial charge in [0, 0.05) is 38.6 Å². The largest absolute Gasteiger partial charge is 0.390 e. The third-order valence-electron chi connectivity index (χ3n) is 6.14. The number of anilines is 1. The van der Waals surface area contributed by atoms with Crippen molar-refractivity contribution in [3.05, 3.63) is 77.5 Å². The predicted molar refractivity (Wildman–Crippen MR) is 137 cm³/mol. The zero-order chi connectivity index (χ0) is 23.0. The molecule has 0 amide bonds. The summed E-state index contributed by atoms with van der Waals surface area (Å²) in [7, 11) is 0. The minimum atomic E-state index is -0.455.